The highest BCUT2D eigenvalue weighted by Gasteiger charge is 2.36. The van der Waals surface area contributed by atoms with Crippen LogP contribution in [0.4, 0.5) is 0 Å². The monoisotopic (exact) mass is 202 g/mol. The maximum Gasteiger partial charge on any atom is 0.192 e. The van der Waals surface area contributed by atoms with Gasteiger partial charge in [0.25, 0.3) is 0 Å². The maximum atomic E-state index is 10.3. The highest BCUT2D eigenvalue weighted by Crippen LogP contribution is 2.36. The number of allylic oxidation sites excluding steroid dienone is 1. The fourth-order valence-corrected chi connectivity index (χ4v) is 1.38. The van der Waals surface area contributed by atoms with Crippen LogP contribution in [-0.4, -0.2) is 21.2 Å². The summed E-state index contributed by atoms with van der Waals surface area (Å²) in [6.45, 7) is 10.5. The highest BCUT2D eigenvalue weighted by atomic mass is 28.4. The maximum absolute atomic E-state index is 10.3. The lowest BCUT2D eigenvalue weighted by Crippen LogP contribution is -2.40. The Labute approximate surface area is 84.9 Å². The number of aldehydes is 1. The molecule has 0 amide bonds. The molecule has 0 aliphatic heterocycles. The van der Waals surface area contributed by atoms with Gasteiger partial charge in [0, 0.05) is 0 Å². The second-order valence-corrected chi connectivity index (χ2v) is 9.30. The van der Waals surface area contributed by atoms with Gasteiger partial charge in [0.05, 0.1) is 9.35 Å². The molecule has 0 fully saturated rings. The molecule has 0 spiro atoms. The Hall–Kier alpha value is -0.413. The molecule has 0 rings (SSSR count). The van der Waals surface area contributed by atoms with Crippen molar-refractivity contribution < 1.29 is 12.0 Å². The quantitative estimate of drug-likeness (QED) is 0.398. The minimum Gasteiger partial charge on any atom is -0.413 e. The van der Waals surface area contributed by atoms with Crippen molar-refractivity contribution in [2.75, 3.05) is 6.61 Å². The molecule has 0 aromatic carbocycles. The van der Waals surface area contributed by atoms with Crippen LogP contribution in [-0.2, 0) is 9.22 Å². The zero-order valence-electron chi connectivity index (χ0n) is 11.1. The zero-order chi connectivity index (χ0) is 12.3. The average Bonchev–Trinajstić information content (AvgIpc) is 2.11. The highest BCUT2D eigenvalue weighted by molar-refractivity contribution is 6.74. The molecule has 0 aliphatic rings. The summed E-state index contributed by atoms with van der Waals surface area (Å²) >= 11 is 0. The topological polar surface area (TPSA) is 26.3 Å². The summed E-state index contributed by atoms with van der Waals surface area (Å²) in [4.78, 5) is 10.3. The van der Waals surface area contributed by atoms with Crippen LogP contribution >= 0.6 is 0 Å². The lowest BCUT2D eigenvalue weighted by Gasteiger charge is -2.35. The van der Waals surface area contributed by atoms with Crippen molar-refractivity contribution in [1.82, 2.24) is 0 Å². The van der Waals surface area contributed by atoms with E-state index in [0.29, 0.717) is 6.29 Å². The molecule has 0 saturated carbocycles. The Morgan fingerprint density at radius 2 is 2.00 bits per heavy atom. The first-order valence-corrected chi connectivity index (χ1v) is 7.28. The van der Waals surface area contributed by atoms with Gasteiger partial charge in [0.1, 0.15) is 6.29 Å². The molecule has 0 N–H and O–H groups in total. The van der Waals surface area contributed by atoms with Gasteiger partial charge in [-0.1, -0.05) is 26.8 Å². The number of hydrogen-bond donors (Lipinski definition) is 0. The van der Waals surface area contributed by atoms with Gasteiger partial charge in [0.15, 0.2) is 8.32 Å². The van der Waals surface area contributed by atoms with E-state index in [2.05, 4.69) is 33.9 Å². The number of carbonyl (C=O) groups excluding carboxylic acids is 1. The van der Waals surface area contributed by atoms with Crippen LogP contribution in [0.25, 0.3) is 0 Å². The molecule has 0 aromatic rings. The van der Waals surface area contributed by atoms with E-state index in [9.17, 15) is 4.79 Å². The van der Waals surface area contributed by atoms with Crippen molar-refractivity contribution >= 4 is 14.6 Å². The molecule has 2 nitrogen and oxygen atoms in total. The van der Waals surface area contributed by atoms with Gasteiger partial charge in [0.2, 0.25) is 0 Å². The Balaban J connectivity index is 4.47. The first-order valence-electron chi connectivity index (χ1n) is 5.37. The summed E-state index contributed by atoms with van der Waals surface area (Å²) in [6.07, 6.45) is 0.372. The molecule has 0 bridgehead atoms. The lowest BCUT2D eigenvalue weighted by molar-refractivity contribution is -0.104. The fraction of sp³-hybridized carbons (Fsp3) is 0.700. The van der Waals surface area contributed by atoms with E-state index in [1.807, 2.05) is 0 Å². The van der Waals surface area contributed by atoms with Crippen LogP contribution < -0.4 is 0 Å². The minimum atomic E-state index is -1.88. The van der Waals surface area contributed by atoms with E-state index in [-0.39, 0.29) is 23.7 Å². The second kappa shape index (κ2) is 4.72. The predicted octanol–water partition coefficient (Wildman–Crippen LogP) is 2.76. The molecule has 0 radical (unpaired) electrons. The van der Waals surface area contributed by atoms with Crippen LogP contribution in [0.2, 0.25) is 18.1 Å². The van der Waals surface area contributed by atoms with E-state index >= 15 is 0 Å². The molecule has 0 saturated heterocycles. The Kier molecular flexibility index (Phi) is 3.32. The van der Waals surface area contributed by atoms with Crippen molar-refractivity contribution in [1.29, 1.82) is 0 Å². The third kappa shape index (κ3) is 4.38. The van der Waals surface area contributed by atoms with Gasteiger partial charge in [-0.05, 0) is 24.2 Å². The van der Waals surface area contributed by atoms with E-state index < -0.39 is 8.32 Å². The molecule has 0 unspecified atom stereocenters. The van der Waals surface area contributed by atoms with Crippen molar-refractivity contribution in [2.45, 2.75) is 38.9 Å². The van der Waals surface area contributed by atoms with E-state index in [1.54, 1.807) is 0 Å². The summed E-state index contributed by atoms with van der Waals surface area (Å²) in [6, 6.07) is -0.344. The molecule has 0 atom stereocenters. The largest absolute Gasteiger partial charge is 0.413 e. The van der Waals surface area contributed by atoms with Crippen LogP contribution in [0.3, 0.4) is 0 Å². The van der Waals surface area contributed by atoms with E-state index in [1.165, 1.54) is 0 Å². The molecule has 3 heteroatoms. The van der Waals surface area contributed by atoms with Crippen LogP contribution in [0, 0.1) is 0 Å². The molecule has 13 heavy (non-hydrogen) atoms. The summed E-state index contributed by atoms with van der Waals surface area (Å²) in [7, 11) is -1.88. The van der Waals surface area contributed by atoms with Gasteiger partial charge in [-0.2, -0.15) is 0 Å². The molecular weight excluding hydrogens is 180 g/mol. The zero-order valence-corrected chi connectivity index (χ0v) is 10.1. The van der Waals surface area contributed by atoms with Crippen LogP contribution in [0.1, 0.15) is 23.5 Å². The smallest absolute Gasteiger partial charge is 0.192 e. The molecule has 0 aliphatic carbocycles. The van der Waals surface area contributed by atoms with Crippen LogP contribution in [0.15, 0.2) is 12.1 Å². The molecule has 76 valence electrons. The van der Waals surface area contributed by atoms with Crippen molar-refractivity contribution in [3.63, 3.8) is 0 Å². The summed E-state index contributed by atoms with van der Waals surface area (Å²) in [5, 5.41) is 0.0800. The third-order valence-electron chi connectivity index (χ3n) is 2.47. The van der Waals surface area contributed by atoms with E-state index in [0.717, 1.165) is 0 Å². The van der Waals surface area contributed by atoms with E-state index in [4.69, 9.17) is 7.17 Å². The summed E-state index contributed by atoms with van der Waals surface area (Å²) < 4.78 is 20.3. The summed E-state index contributed by atoms with van der Waals surface area (Å²) in [5.41, 5.74) is 0. The van der Waals surface area contributed by atoms with Crippen molar-refractivity contribution in [3.05, 3.63) is 12.1 Å². The Morgan fingerprint density at radius 3 is 2.38 bits per heavy atom. The van der Waals surface area contributed by atoms with Crippen molar-refractivity contribution in [2.24, 2.45) is 0 Å². The van der Waals surface area contributed by atoms with Gasteiger partial charge >= 0.3 is 0 Å². The molecule has 0 heterocycles. The number of carbonyl (C=O) groups is 1. The Morgan fingerprint density at radius 1 is 1.46 bits per heavy atom. The van der Waals surface area contributed by atoms with Crippen molar-refractivity contribution in [3.8, 4) is 0 Å². The van der Waals surface area contributed by atoms with Gasteiger partial charge in [-0.25, -0.2) is 0 Å². The number of rotatable bonds is 4. The minimum absolute atomic E-state index is 0.0465. The predicted molar refractivity (Wildman–Crippen MR) is 58.4 cm³/mol. The van der Waals surface area contributed by atoms with Gasteiger partial charge < -0.3 is 4.43 Å². The molecular formula is C10H20O2Si. The number of hydrogen-bond acceptors (Lipinski definition) is 2. The fourth-order valence-electron chi connectivity index (χ4n) is 0.516. The van der Waals surface area contributed by atoms with Gasteiger partial charge in [-0.15, -0.1) is 0 Å². The first-order chi connectivity index (χ1) is 6.62. The Bertz CT molecular complexity index is 267. The van der Waals surface area contributed by atoms with Gasteiger partial charge in [-0.3, -0.25) is 4.79 Å². The molecule has 0 aromatic heterocycles. The lowest BCUT2D eigenvalue weighted by atomic mass is 10.2. The SMILES string of the molecule is [2H]/C(C=O)=C(/[2H])CO[Si](C)(C)C(C)(C)C. The first kappa shape index (κ1) is 9.15. The average molecular weight is 202 g/mol. The standard InChI is InChI=1S/C10H20O2Si/c1-10(2,3)13(4,5)12-9-7-6-8-11/h6-8H,9H2,1-5H3/b7-6+/i6D,7D. The third-order valence-corrected chi connectivity index (χ3v) is 6.95. The second-order valence-electron chi connectivity index (χ2n) is 4.49. The summed E-state index contributed by atoms with van der Waals surface area (Å²) in [5.74, 6) is 0. The normalized spacial score (nSPS) is 17.3. The van der Waals surface area contributed by atoms with Crippen LogP contribution in [0.5, 0.6) is 0 Å².